The minimum Gasteiger partial charge on any atom is -0.354 e. The van der Waals surface area contributed by atoms with Crippen LogP contribution in [0.1, 0.15) is 26.7 Å². The zero-order valence-electron chi connectivity index (χ0n) is 10.9. The van der Waals surface area contributed by atoms with Crippen molar-refractivity contribution in [2.75, 3.05) is 18.8 Å². The number of nitrogens with one attached hydrogen (secondary N) is 1. The van der Waals surface area contributed by atoms with E-state index in [1.165, 1.54) is 0 Å². The van der Waals surface area contributed by atoms with E-state index in [0.29, 0.717) is 25.3 Å². The Labute approximate surface area is 112 Å². The molecule has 3 atom stereocenters. The first-order valence-corrected chi connectivity index (χ1v) is 7.40. The fraction of sp³-hybridized carbons (Fsp3) is 0.833. The lowest BCUT2D eigenvalue weighted by atomic mass is 10.1. The summed E-state index contributed by atoms with van der Waals surface area (Å²) >= 11 is 1.72. The maximum absolute atomic E-state index is 12.1. The van der Waals surface area contributed by atoms with E-state index in [4.69, 9.17) is 5.73 Å². The van der Waals surface area contributed by atoms with Crippen molar-refractivity contribution in [2.24, 2.45) is 11.7 Å². The van der Waals surface area contributed by atoms with Crippen molar-refractivity contribution < 1.29 is 9.59 Å². The average molecular weight is 271 g/mol. The number of thioether (sulfide) groups is 1. The lowest BCUT2D eigenvalue weighted by Gasteiger charge is -2.30. The van der Waals surface area contributed by atoms with Crippen LogP contribution in [0.2, 0.25) is 0 Å². The maximum Gasteiger partial charge on any atom is 0.243 e. The van der Waals surface area contributed by atoms with E-state index in [-0.39, 0.29) is 28.6 Å². The van der Waals surface area contributed by atoms with Crippen molar-refractivity contribution in [1.82, 2.24) is 10.2 Å². The molecule has 2 saturated heterocycles. The fourth-order valence-electron chi connectivity index (χ4n) is 2.49. The highest BCUT2D eigenvalue weighted by Gasteiger charge is 2.52. The molecule has 102 valence electrons. The average Bonchev–Trinajstić information content (AvgIpc) is 2.83. The highest BCUT2D eigenvalue weighted by Crippen LogP contribution is 2.47. The third-order valence-corrected chi connectivity index (χ3v) is 5.28. The van der Waals surface area contributed by atoms with Gasteiger partial charge in [0.05, 0.1) is 4.87 Å². The number of hydrogen-bond donors (Lipinski definition) is 2. The molecule has 18 heavy (non-hydrogen) atoms. The monoisotopic (exact) mass is 271 g/mol. The normalized spacial score (nSPS) is 32.5. The third-order valence-electron chi connectivity index (χ3n) is 3.77. The number of carbonyl (C=O) groups excluding carboxylic acids is 2. The third kappa shape index (κ3) is 2.36. The summed E-state index contributed by atoms with van der Waals surface area (Å²) in [6.07, 6.45) is 1.41. The molecule has 0 aromatic carbocycles. The predicted octanol–water partition coefficient (Wildman–Crippen LogP) is 0.151. The molecule has 0 aliphatic carbocycles. The summed E-state index contributed by atoms with van der Waals surface area (Å²) in [5.74, 6) is 1.03. The van der Waals surface area contributed by atoms with Gasteiger partial charge in [-0.3, -0.25) is 9.59 Å². The Kier molecular flexibility index (Phi) is 3.87. The minimum absolute atomic E-state index is 0.0400. The second-order valence-electron chi connectivity index (χ2n) is 5.35. The number of rotatable bonds is 4. The topological polar surface area (TPSA) is 75.4 Å². The molecule has 0 aromatic heterocycles. The fourth-order valence-corrected chi connectivity index (χ4v) is 3.92. The van der Waals surface area contributed by atoms with Gasteiger partial charge >= 0.3 is 0 Å². The molecule has 2 aliphatic heterocycles. The zero-order valence-corrected chi connectivity index (χ0v) is 11.8. The molecule has 0 spiro atoms. The van der Waals surface area contributed by atoms with Gasteiger partial charge in [0, 0.05) is 18.7 Å². The van der Waals surface area contributed by atoms with Gasteiger partial charge < -0.3 is 16.0 Å². The van der Waals surface area contributed by atoms with E-state index in [9.17, 15) is 9.59 Å². The van der Waals surface area contributed by atoms with Crippen molar-refractivity contribution in [2.45, 2.75) is 37.6 Å². The molecule has 3 N–H and O–H groups in total. The molecule has 3 unspecified atom stereocenters. The molecule has 2 rings (SSSR count). The maximum atomic E-state index is 12.1. The SMILES string of the molecule is CC(CN)CNC(=O)C1CSC2(C)CCC(=O)N12. The standard InChI is InChI=1S/C12H21N3O2S/c1-8(5-13)6-14-11(17)9-7-18-12(2)4-3-10(16)15(9)12/h8-9H,3-7,13H2,1-2H3,(H,14,17). The molecule has 0 radical (unpaired) electrons. The van der Waals surface area contributed by atoms with E-state index >= 15 is 0 Å². The van der Waals surface area contributed by atoms with Crippen LogP contribution in [0, 0.1) is 5.92 Å². The Morgan fingerprint density at radius 2 is 2.44 bits per heavy atom. The van der Waals surface area contributed by atoms with Crippen molar-refractivity contribution >= 4 is 23.6 Å². The number of fused-ring (bicyclic) bond motifs is 1. The Morgan fingerprint density at radius 1 is 1.72 bits per heavy atom. The highest BCUT2D eigenvalue weighted by molar-refractivity contribution is 8.01. The van der Waals surface area contributed by atoms with Crippen LogP contribution in [0.3, 0.4) is 0 Å². The first-order valence-electron chi connectivity index (χ1n) is 6.42. The summed E-state index contributed by atoms with van der Waals surface area (Å²) in [4.78, 5) is 25.6. The summed E-state index contributed by atoms with van der Waals surface area (Å²) in [7, 11) is 0. The van der Waals surface area contributed by atoms with Gasteiger partial charge in [-0.15, -0.1) is 11.8 Å². The number of hydrogen-bond acceptors (Lipinski definition) is 4. The molecule has 6 heteroatoms. The summed E-state index contributed by atoms with van der Waals surface area (Å²) in [5.41, 5.74) is 5.52. The largest absolute Gasteiger partial charge is 0.354 e. The van der Waals surface area contributed by atoms with Gasteiger partial charge in [0.1, 0.15) is 6.04 Å². The second kappa shape index (κ2) is 5.09. The van der Waals surface area contributed by atoms with Crippen LogP contribution in [0.15, 0.2) is 0 Å². The number of carbonyl (C=O) groups is 2. The number of nitrogens with zero attached hydrogens (tertiary/aromatic N) is 1. The molecule has 2 aliphatic rings. The lowest BCUT2D eigenvalue weighted by Crippen LogP contribution is -2.50. The molecule has 0 saturated carbocycles. The number of amides is 2. The lowest BCUT2D eigenvalue weighted by molar-refractivity contribution is -0.138. The Bertz CT molecular complexity index is 363. The molecule has 2 fully saturated rings. The van der Waals surface area contributed by atoms with E-state index in [1.807, 2.05) is 6.92 Å². The molecule has 0 aromatic rings. The van der Waals surface area contributed by atoms with Crippen LogP contribution in [-0.2, 0) is 9.59 Å². The number of nitrogens with two attached hydrogens (primary N) is 1. The van der Waals surface area contributed by atoms with Crippen molar-refractivity contribution in [3.63, 3.8) is 0 Å². The van der Waals surface area contributed by atoms with Crippen LogP contribution >= 0.6 is 11.8 Å². The van der Waals surface area contributed by atoms with Gasteiger partial charge in [-0.1, -0.05) is 6.92 Å². The Morgan fingerprint density at radius 3 is 3.11 bits per heavy atom. The van der Waals surface area contributed by atoms with Crippen LogP contribution in [-0.4, -0.2) is 46.5 Å². The van der Waals surface area contributed by atoms with Crippen molar-refractivity contribution in [3.8, 4) is 0 Å². The molecule has 2 amide bonds. The van der Waals surface area contributed by atoms with Gasteiger partial charge in [0.15, 0.2) is 0 Å². The molecule has 5 nitrogen and oxygen atoms in total. The van der Waals surface area contributed by atoms with Crippen LogP contribution < -0.4 is 11.1 Å². The Balaban J connectivity index is 1.97. The van der Waals surface area contributed by atoms with E-state index in [2.05, 4.69) is 12.2 Å². The predicted molar refractivity (Wildman–Crippen MR) is 72.0 cm³/mol. The van der Waals surface area contributed by atoms with Crippen LogP contribution in [0.4, 0.5) is 0 Å². The first kappa shape index (κ1) is 13.7. The zero-order chi connectivity index (χ0) is 13.3. The van der Waals surface area contributed by atoms with E-state index in [1.54, 1.807) is 16.7 Å². The van der Waals surface area contributed by atoms with Gasteiger partial charge in [-0.25, -0.2) is 0 Å². The van der Waals surface area contributed by atoms with Gasteiger partial charge in [0.2, 0.25) is 11.8 Å². The smallest absolute Gasteiger partial charge is 0.243 e. The summed E-state index contributed by atoms with van der Waals surface area (Å²) in [6.45, 7) is 5.18. The van der Waals surface area contributed by atoms with E-state index in [0.717, 1.165) is 6.42 Å². The van der Waals surface area contributed by atoms with Crippen LogP contribution in [0.5, 0.6) is 0 Å². The molecule has 0 bridgehead atoms. The van der Waals surface area contributed by atoms with Crippen molar-refractivity contribution in [3.05, 3.63) is 0 Å². The Hall–Kier alpha value is -0.750. The molecular weight excluding hydrogens is 250 g/mol. The highest BCUT2D eigenvalue weighted by atomic mass is 32.2. The molecular formula is C12H21N3O2S. The van der Waals surface area contributed by atoms with Gasteiger partial charge in [0.25, 0.3) is 0 Å². The quantitative estimate of drug-likeness (QED) is 0.763. The summed E-state index contributed by atoms with van der Waals surface area (Å²) in [5, 5.41) is 2.90. The van der Waals surface area contributed by atoms with Gasteiger partial charge in [-0.2, -0.15) is 0 Å². The molecule has 2 heterocycles. The second-order valence-corrected chi connectivity index (χ2v) is 6.85. The van der Waals surface area contributed by atoms with Gasteiger partial charge in [-0.05, 0) is 25.8 Å². The summed E-state index contributed by atoms with van der Waals surface area (Å²) in [6, 6.07) is -0.306. The van der Waals surface area contributed by atoms with Crippen molar-refractivity contribution in [1.29, 1.82) is 0 Å². The minimum atomic E-state index is -0.306. The van der Waals surface area contributed by atoms with Crippen LogP contribution in [0.25, 0.3) is 0 Å². The summed E-state index contributed by atoms with van der Waals surface area (Å²) < 4.78 is 0. The first-order chi connectivity index (χ1) is 8.48. The van der Waals surface area contributed by atoms with E-state index < -0.39 is 0 Å².